The van der Waals surface area contributed by atoms with Crippen LogP contribution in [0.5, 0.6) is 5.75 Å². The maximum atomic E-state index is 14.4. The first-order valence-corrected chi connectivity index (χ1v) is 17.0. The van der Waals surface area contributed by atoms with Gasteiger partial charge in [-0.25, -0.2) is 14.4 Å². The van der Waals surface area contributed by atoms with E-state index in [9.17, 15) is 9.18 Å². The van der Waals surface area contributed by atoms with Gasteiger partial charge in [0.1, 0.15) is 23.6 Å². The van der Waals surface area contributed by atoms with Gasteiger partial charge in [0.25, 0.3) is 5.91 Å². The normalized spacial score (nSPS) is 12.0. The Hall–Kier alpha value is -4.41. The van der Waals surface area contributed by atoms with E-state index in [4.69, 9.17) is 14.3 Å². The lowest BCUT2D eigenvalue weighted by atomic mass is 10.0. The summed E-state index contributed by atoms with van der Waals surface area (Å²) >= 11 is 0. The monoisotopic (exact) mass is 597 g/mol. The first-order valence-electron chi connectivity index (χ1n) is 14.1. The van der Waals surface area contributed by atoms with E-state index in [0.717, 1.165) is 16.8 Å². The SMILES string of the molecule is COc1cc2ncnc(-c3cn(CCO[Si](C)(C)C(C)(C)C)nc3-c3ccccc3)c2cc1NC(=O)c1ccccc1F. The van der Waals surface area contributed by atoms with Gasteiger partial charge in [0.05, 0.1) is 42.7 Å². The second-order valence-electron chi connectivity index (χ2n) is 11.9. The predicted octanol–water partition coefficient (Wildman–Crippen LogP) is 7.58. The smallest absolute Gasteiger partial charge is 0.258 e. The molecule has 1 N–H and O–H groups in total. The Kier molecular flexibility index (Phi) is 8.43. The number of fused-ring (bicyclic) bond motifs is 1. The summed E-state index contributed by atoms with van der Waals surface area (Å²) in [4.78, 5) is 22.2. The quantitative estimate of drug-likeness (QED) is 0.176. The van der Waals surface area contributed by atoms with Crippen LogP contribution in [0.2, 0.25) is 18.1 Å². The molecule has 0 aliphatic rings. The summed E-state index contributed by atoms with van der Waals surface area (Å²) in [6.45, 7) is 12.3. The molecule has 5 rings (SSSR count). The molecular formula is C33H36FN5O3Si. The second-order valence-corrected chi connectivity index (χ2v) is 16.7. The zero-order valence-electron chi connectivity index (χ0n) is 25.3. The van der Waals surface area contributed by atoms with Gasteiger partial charge in [-0.3, -0.25) is 9.48 Å². The van der Waals surface area contributed by atoms with Gasteiger partial charge in [0.2, 0.25) is 0 Å². The van der Waals surface area contributed by atoms with Crippen molar-refractivity contribution in [2.45, 2.75) is 45.4 Å². The summed E-state index contributed by atoms with van der Waals surface area (Å²) in [7, 11) is -0.413. The van der Waals surface area contributed by atoms with E-state index in [0.29, 0.717) is 41.2 Å². The van der Waals surface area contributed by atoms with Crippen molar-refractivity contribution in [2.24, 2.45) is 0 Å². The number of carbonyl (C=O) groups excluding carboxylic acids is 1. The lowest BCUT2D eigenvalue weighted by Crippen LogP contribution is -2.41. The number of aromatic nitrogens is 4. The summed E-state index contributed by atoms with van der Waals surface area (Å²) in [6.07, 6.45) is 3.47. The number of halogens is 1. The number of carbonyl (C=O) groups is 1. The van der Waals surface area contributed by atoms with Gasteiger partial charge in [-0.2, -0.15) is 5.10 Å². The summed E-state index contributed by atoms with van der Waals surface area (Å²) in [6, 6.07) is 19.2. The number of hydrogen-bond acceptors (Lipinski definition) is 6. The van der Waals surface area contributed by atoms with E-state index in [1.807, 2.05) is 41.2 Å². The molecule has 0 saturated heterocycles. The summed E-state index contributed by atoms with van der Waals surface area (Å²) < 4.78 is 28.2. The van der Waals surface area contributed by atoms with Gasteiger partial charge >= 0.3 is 0 Å². The number of hydrogen-bond donors (Lipinski definition) is 1. The first kappa shape index (κ1) is 30.1. The average Bonchev–Trinajstić information content (AvgIpc) is 3.40. The van der Waals surface area contributed by atoms with Crippen LogP contribution in [0.25, 0.3) is 33.4 Å². The molecule has 222 valence electrons. The van der Waals surface area contributed by atoms with E-state index in [-0.39, 0.29) is 10.6 Å². The van der Waals surface area contributed by atoms with Gasteiger partial charge < -0.3 is 14.5 Å². The van der Waals surface area contributed by atoms with Crippen LogP contribution in [0.1, 0.15) is 31.1 Å². The zero-order valence-corrected chi connectivity index (χ0v) is 26.3. The summed E-state index contributed by atoms with van der Waals surface area (Å²) in [5, 5.41) is 8.55. The Balaban J connectivity index is 1.56. The topological polar surface area (TPSA) is 91.2 Å². The average molecular weight is 598 g/mol. The standard InChI is InChI=1S/C33H36FN5O3Si/c1-33(2,3)43(5,6)42-17-16-39-20-25(30(38-39)22-12-8-7-9-13-22)31-24-18-28(29(41-4)19-27(24)35-21-36-31)37-32(40)23-14-10-11-15-26(23)34/h7-15,18-21H,16-17H2,1-6H3,(H,37,40). The highest BCUT2D eigenvalue weighted by molar-refractivity contribution is 6.74. The molecule has 3 aromatic carbocycles. The van der Waals surface area contributed by atoms with E-state index in [1.54, 1.807) is 18.2 Å². The van der Waals surface area contributed by atoms with Gasteiger partial charge in [-0.05, 0) is 36.3 Å². The molecule has 0 saturated carbocycles. The Morgan fingerprint density at radius 2 is 1.72 bits per heavy atom. The van der Waals surface area contributed by atoms with Crippen LogP contribution in [0.15, 0.2) is 79.3 Å². The van der Waals surface area contributed by atoms with Crippen LogP contribution in [0.3, 0.4) is 0 Å². The van der Waals surface area contributed by atoms with E-state index >= 15 is 0 Å². The second kappa shape index (κ2) is 12.1. The van der Waals surface area contributed by atoms with Crippen molar-refractivity contribution in [3.05, 3.63) is 90.6 Å². The zero-order chi connectivity index (χ0) is 30.8. The first-order chi connectivity index (χ1) is 20.5. The Bertz CT molecular complexity index is 1770. The Morgan fingerprint density at radius 3 is 2.42 bits per heavy atom. The fourth-order valence-electron chi connectivity index (χ4n) is 4.53. The summed E-state index contributed by atoms with van der Waals surface area (Å²) in [5.41, 5.74) is 4.08. The maximum absolute atomic E-state index is 14.4. The van der Waals surface area contributed by atoms with Gasteiger partial charge in [-0.1, -0.05) is 63.2 Å². The molecule has 10 heteroatoms. The van der Waals surface area contributed by atoms with Gasteiger partial charge in [0, 0.05) is 28.8 Å². The largest absolute Gasteiger partial charge is 0.494 e. The van der Waals surface area contributed by atoms with Crippen molar-refractivity contribution < 1.29 is 18.3 Å². The van der Waals surface area contributed by atoms with Crippen LogP contribution < -0.4 is 10.1 Å². The van der Waals surface area contributed by atoms with Crippen LogP contribution >= 0.6 is 0 Å². The molecule has 0 unspecified atom stereocenters. The molecule has 1 amide bonds. The van der Waals surface area contributed by atoms with Crippen LogP contribution in [0, 0.1) is 5.82 Å². The van der Waals surface area contributed by atoms with Crippen molar-refractivity contribution in [3.63, 3.8) is 0 Å². The molecule has 0 aliphatic carbocycles. The third-order valence-electron chi connectivity index (χ3n) is 7.98. The lowest BCUT2D eigenvalue weighted by molar-refractivity contribution is 0.102. The molecule has 0 fully saturated rings. The van der Waals surface area contributed by atoms with Crippen molar-refractivity contribution in [1.29, 1.82) is 0 Å². The Labute approximate surface area is 252 Å². The van der Waals surface area contributed by atoms with Crippen molar-refractivity contribution in [1.82, 2.24) is 19.7 Å². The molecule has 0 atom stereocenters. The molecule has 0 aliphatic heterocycles. The third-order valence-corrected chi connectivity index (χ3v) is 12.5. The minimum absolute atomic E-state index is 0.0678. The molecule has 2 aromatic heterocycles. The van der Waals surface area contributed by atoms with Crippen molar-refractivity contribution >= 4 is 30.8 Å². The molecule has 2 heterocycles. The molecule has 43 heavy (non-hydrogen) atoms. The van der Waals surface area contributed by atoms with Crippen molar-refractivity contribution in [2.75, 3.05) is 19.0 Å². The fourth-order valence-corrected chi connectivity index (χ4v) is 5.56. The minimum atomic E-state index is -1.92. The third kappa shape index (κ3) is 6.35. The van der Waals surface area contributed by atoms with Crippen LogP contribution in [-0.2, 0) is 11.0 Å². The maximum Gasteiger partial charge on any atom is 0.258 e. The summed E-state index contributed by atoms with van der Waals surface area (Å²) in [5.74, 6) is -0.807. The Morgan fingerprint density at radius 1 is 1.00 bits per heavy atom. The van der Waals surface area contributed by atoms with E-state index in [1.165, 1.54) is 31.6 Å². The molecule has 0 spiro atoms. The number of nitrogens with one attached hydrogen (secondary N) is 1. The highest BCUT2D eigenvalue weighted by Gasteiger charge is 2.37. The predicted molar refractivity (Wildman–Crippen MR) is 170 cm³/mol. The van der Waals surface area contributed by atoms with E-state index < -0.39 is 20.0 Å². The number of rotatable bonds is 9. The van der Waals surface area contributed by atoms with E-state index in [2.05, 4.69) is 49.1 Å². The fraction of sp³-hybridized carbons (Fsp3) is 0.273. The highest BCUT2D eigenvalue weighted by Crippen LogP contribution is 2.38. The molecule has 0 radical (unpaired) electrons. The molecule has 5 aromatic rings. The number of methoxy groups -OCH3 is 1. The van der Waals surface area contributed by atoms with Crippen molar-refractivity contribution in [3.8, 4) is 28.3 Å². The molecule has 0 bridgehead atoms. The minimum Gasteiger partial charge on any atom is -0.494 e. The number of ether oxygens (including phenoxy) is 1. The number of anilines is 1. The van der Waals surface area contributed by atoms with Gasteiger partial charge in [0.15, 0.2) is 8.32 Å². The van der Waals surface area contributed by atoms with Gasteiger partial charge in [-0.15, -0.1) is 0 Å². The number of nitrogens with zero attached hydrogens (tertiary/aromatic N) is 4. The lowest BCUT2D eigenvalue weighted by Gasteiger charge is -2.36. The van der Waals surface area contributed by atoms with Crippen LogP contribution in [-0.4, -0.2) is 47.7 Å². The molecule has 8 nitrogen and oxygen atoms in total. The number of benzene rings is 3. The van der Waals surface area contributed by atoms with Crippen LogP contribution in [0.4, 0.5) is 10.1 Å². The number of amides is 1. The highest BCUT2D eigenvalue weighted by atomic mass is 28.4. The molecular weight excluding hydrogens is 561 g/mol.